The monoisotopic (exact) mass is 237 g/mol. The number of rotatable bonds is 6. The third-order valence-corrected chi connectivity index (χ3v) is 2.53. The van der Waals surface area contributed by atoms with Gasteiger partial charge in [-0.25, -0.2) is 0 Å². The van der Waals surface area contributed by atoms with Crippen molar-refractivity contribution in [1.82, 2.24) is 0 Å². The molecule has 1 rings (SSSR count). The molecule has 1 aromatic rings. The number of nitrogens with one attached hydrogen (secondary N) is 1. The predicted octanol–water partition coefficient (Wildman–Crippen LogP) is 1.20. The molecule has 0 heterocycles. The second-order valence-corrected chi connectivity index (χ2v) is 3.87. The largest absolute Gasteiger partial charge is 0.399 e. The van der Waals surface area contributed by atoms with Crippen LogP contribution in [0.25, 0.3) is 0 Å². The van der Waals surface area contributed by atoms with Gasteiger partial charge >= 0.3 is 0 Å². The summed E-state index contributed by atoms with van der Waals surface area (Å²) in [7, 11) is 1.64. The maximum atomic E-state index is 11.3. The summed E-state index contributed by atoms with van der Waals surface area (Å²) in [5.41, 5.74) is 12.7. The van der Waals surface area contributed by atoms with Crippen LogP contribution < -0.4 is 16.8 Å². The van der Waals surface area contributed by atoms with Crippen molar-refractivity contribution in [1.29, 1.82) is 0 Å². The van der Waals surface area contributed by atoms with Crippen LogP contribution in [0.5, 0.6) is 0 Å². The van der Waals surface area contributed by atoms with E-state index in [1.54, 1.807) is 25.3 Å². The molecule has 1 unspecified atom stereocenters. The summed E-state index contributed by atoms with van der Waals surface area (Å²) in [5, 5.41) is 3.21. The maximum Gasteiger partial charge on any atom is 0.250 e. The molecule has 1 atom stereocenters. The molecular formula is C12H19N3O2. The smallest absolute Gasteiger partial charge is 0.250 e. The van der Waals surface area contributed by atoms with Crippen LogP contribution in [0, 0.1) is 0 Å². The Morgan fingerprint density at radius 2 is 2.24 bits per heavy atom. The van der Waals surface area contributed by atoms with E-state index in [4.69, 9.17) is 16.2 Å². The molecule has 5 heteroatoms. The minimum absolute atomic E-state index is 0.125. The predicted molar refractivity (Wildman–Crippen MR) is 69.0 cm³/mol. The van der Waals surface area contributed by atoms with Crippen molar-refractivity contribution in [2.45, 2.75) is 19.4 Å². The molecule has 0 radical (unpaired) electrons. The number of hydrogen-bond donors (Lipinski definition) is 3. The molecule has 5 nitrogen and oxygen atoms in total. The van der Waals surface area contributed by atoms with Gasteiger partial charge in [-0.05, 0) is 24.6 Å². The van der Waals surface area contributed by atoms with Gasteiger partial charge in [0, 0.05) is 24.5 Å². The Kier molecular flexibility index (Phi) is 4.78. The van der Waals surface area contributed by atoms with Crippen molar-refractivity contribution < 1.29 is 9.53 Å². The van der Waals surface area contributed by atoms with E-state index in [-0.39, 0.29) is 6.04 Å². The molecule has 0 aliphatic heterocycles. The topological polar surface area (TPSA) is 90.4 Å². The van der Waals surface area contributed by atoms with Crippen LogP contribution in [0.4, 0.5) is 11.4 Å². The van der Waals surface area contributed by atoms with E-state index in [9.17, 15) is 4.79 Å². The molecule has 0 aliphatic carbocycles. The van der Waals surface area contributed by atoms with Crippen molar-refractivity contribution in [3.8, 4) is 0 Å². The van der Waals surface area contributed by atoms with E-state index >= 15 is 0 Å². The highest BCUT2D eigenvalue weighted by Gasteiger charge is 2.12. The minimum atomic E-state index is -0.472. The molecule has 5 N–H and O–H groups in total. The Bertz CT molecular complexity index is 393. The fourth-order valence-corrected chi connectivity index (χ4v) is 1.58. The van der Waals surface area contributed by atoms with E-state index in [2.05, 4.69) is 5.32 Å². The Balaban J connectivity index is 2.94. The van der Waals surface area contributed by atoms with E-state index in [1.807, 2.05) is 6.92 Å². The SMILES string of the molecule is CCC(COC)Nc1cc(N)ccc1C(N)=O. The van der Waals surface area contributed by atoms with Crippen LogP contribution >= 0.6 is 0 Å². The molecule has 0 aromatic heterocycles. The lowest BCUT2D eigenvalue weighted by Gasteiger charge is -2.19. The maximum absolute atomic E-state index is 11.3. The first-order valence-corrected chi connectivity index (χ1v) is 5.53. The highest BCUT2D eigenvalue weighted by molar-refractivity contribution is 5.99. The molecule has 17 heavy (non-hydrogen) atoms. The van der Waals surface area contributed by atoms with Gasteiger partial charge in [-0.15, -0.1) is 0 Å². The van der Waals surface area contributed by atoms with Crippen LogP contribution in [-0.2, 0) is 4.74 Å². The molecule has 94 valence electrons. The first kappa shape index (κ1) is 13.3. The molecule has 1 amide bonds. The average Bonchev–Trinajstić information content (AvgIpc) is 2.28. The Hall–Kier alpha value is -1.75. The number of carbonyl (C=O) groups excluding carboxylic acids is 1. The molecule has 0 aliphatic rings. The van der Waals surface area contributed by atoms with Crippen LogP contribution in [-0.4, -0.2) is 25.7 Å². The quantitative estimate of drug-likeness (QED) is 0.648. The van der Waals surface area contributed by atoms with Gasteiger partial charge in [0.1, 0.15) is 0 Å². The van der Waals surface area contributed by atoms with Gasteiger partial charge in [-0.1, -0.05) is 6.92 Å². The first-order valence-electron chi connectivity index (χ1n) is 5.53. The molecular weight excluding hydrogens is 218 g/mol. The minimum Gasteiger partial charge on any atom is -0.399 e. The van der Waals surface area contributed by atoms with E-state index in [0.29, 0.717) is 23.5 Å². The van der Waals surface area contributed by atoms with Crippen LogP contribution in [0.3, 0.4) is 0 Å². The van der Waals surface area contributed by atoms with Gasteiger partial charge in [0.05, 0.1) is 12.2 Å². The highest BCUT2D eigenvalue weighted by atomic mass is 16.5. The molecule has 0 saturated carbocycles. The Morgan fingerprint density at radius 3 is 2.76 bits per heavy atom. The zero-order valence-corrected chi connectivity index (χ0v) is 10.2. The number of nitrogen functional groups attached to an aromatic ring is 1. The molecule has 0 spiro atoms. The summed E-state index contributed by atoms with van der Waals surface area (Å²) in [6, 6.07) is 5.11. The summed E-state index contributed by atoms with van der Waals surface area (Å²) in [6.07, 6.45) is 0.876. The fourth-order valence-electron chi connectivity index (χ4n) is 1.58. The van der Waals surface area contributed by atoms with E-state index < -0.39 is 5.91 Å². The van der Waals surface area contributed by atoms with E-state index in [1.165, 1.54) is 0 Å². The zero-order valence-electron chi connectivity index (χ0n) is 10.2. The van der Waals surface area contributed by atoms with Gasteiger partial charge in [0.25, 0.3) is 5.91 Å². The second kappa shape index (κ2) is 6.10. The number of methoxy groups -OCH3 is 1. The van der Waals surface area contributed by atoms with Crippen molar-refractivity contribution in [2.75, 3.05) is 24.8 Å². The summed E-state index contributed by atoms with van der Waals surface area (Å²) >= 11 is 0. The lowest BCUT2D eigenvalue weighted by atomic mass is 10.1. The number of benzene rings is 1. The number of ether oxygens (including phenoxy) is 1. The molecule has 0 bridgehead atoms. The van der Waals surface area contributed by atoms with Gasteiger partial charge < -0.3 is 21.5 Å². The summed E-state index contributed by atoms with van der Waals surface area (Å²) in [4.78, 5) is 11.3. The second-order valence-electron chi connectivity index (χ2n) is 3.87. The van der Waals surface area contributed by atoms with Gasteiger partial charge in [0.2, 0.25) is 0 Å². The first-order chi connectivity index (χ1) is 8.08. The fraction of sp³-hybridized carbons (Fsp3) is 0.417. The summed E-state index contributed by atoms with van der Waals surface area (Å²) in [5.74, 6) is -0.472. The normalized spacial score (nSPS) is 12.1. The van der Waals surface area contributed by atoms with Gasteiger partial charge in [-0.3, -0.25) is 4.79 Å². The van der Waals surface area contributed by atoms with Gasteiger partial charge in [0.15, 0.2) is 0 Å². The Labute approximate surface area is 101 Å². The number of amides is 1. The third kappa shape index (κ3) is 3.64. The number of anilines is 2. The molecule has 1 aromatic carbocycles. The average molecular weight is 237 g/mol. The summed E-state index contributed by atoms with van der Waals surface area (Å²) < 4.78 is 5.09. The van der Waals surface area contributed by atoms with Crippen molar-refractivity contribution >= 4 is 17.3 Å². The van der Waals surface area contributed by atoms with Crippen molar-refractivity contribution in [3.05, 3.63) is 23.8 Å². The van der Waals surface area contributed by atoms with Gasteiger partial charge in [-0.2, -0.15) is 0 Å². The van der Waals surface area contributed by atoms with Crippen LogP contribution in [0.15, 0.2) is 18.2 Å². The summed E-state index contributed by atoms with van der Waals surface area (Å²) in [6.45, 7) is 2.59. The molecule has 0 saturated heterocycles. The number of carbonyl (C=O) groups is 1. The zero-order chi connectivity index (χ0) is 12.8. The lowest BCUT2D eigenvalue weighted by Crippen LogP contribution is -2.26. The lowest BCUT2D eigenvalue weighted by molar-refractivity contribution is 0.100. The van der Waals surface area contributed by atoms with Crippen LogP contribution in [0.2, 0.25) is 0 Å². The number of nitrogens with two attached hydrogens (primary N) is 2. The number of hydrogen-bond acceptors (Lipinski definition) is 4. The number of primary amides is 1. The third-order valence-electron chi connectivity index (χ3n) is 2.53. The molecule has 0 fully saturated rings. The van der Waals surface area contributed by atoms with Crippen molar-refractivity contribution in [2.24, 2.45) is 5.73 Å². The standard InChI is InChI=1S/C12H19N3O2/c1-3-9(7-17-2)15-11-6-8(13)4-5-10(11)12(14)16/h4-6,9,15H,3,7,13H2,1-2H3,(H2,14,16). The van der Waals surface area contributed by atoms with Crippen LogP contribution in [0.1, 0.15) is 23.7 Å². The van der Waals surface area contributed by atoms with Crippen molar-refractivity contribution in [3.63, 3.8) is 0 Å². The highest BCUT2D eigenvalue weighted by Crippen LogP contribution is 2.20. The van der Waals surface area contributed by atoms with E-state index in [0.717, 1.165) is 6.42 Å². The Morgan fingerprint density at radius 1 is 1.53 bits per heavy atom.